The van der Waals surface area contributed by atoms with Crippen molar-refractivity contribution >= 4 is 22.6 Å². The van der Waals surface area contributed by atoms with Gasteiger partial charge in [0.1, 0.15) is 11.5 Å². The Morgan fingerprint density at radius 1 is 1.13 bits per heavy atom. The van der Waals surface area contributed by atoms with Crippen molar-refractivity contribution < 1.29 is 4.79 Å². The number of amides is 1. The Kier molecular flexibility index (Phi) is 4.93. The topological polar surface area (TPSA) is 104 Å². The molecule has 0 saturated heterocycles. The first-order chi connectivity index (χ1) is 14.2. The van der Waals surface area contributed by atoms with Crippen molar-refractivity contribution in [3.05, 3.63) is 47.2 Å². The van der Waals surface area contributed by atoms with Gasteiger partial charge in [-0.2, -0.15) is 10.2 Å². The van der Waals surface area contributed by atoms with E-state index in [-0.39, 0.29) is 11.9 Å². The van der Waals surface area contributed by atoms with Gasteiger partial charge in [0.2, 0.25) is 0 Å². The first-order valence-corrected chi connectivity index (χ1v) is 10.2. The van der Waals surface area contributed by atoms with E-state index < -0.39 is 0 Å². The highest BCUT2D eigenvalue weighted by Gasteiger charge is 2.19. The molecule has 3 N–H and O–H groups in total. The molecule has 1 aromatic carbocycles. The summed E-state index contributed by atoms with van der Waals surface area (Å²) in [6, 6.07) is 7.67. The van der Waals surface area contributed by atoms with E-state index >= 15 is 0 Å². The van der Waals surface area contributed by atoms with Gasteiger partial charge in [-0.05, 0) is 52.0 Å². The zero-order chi connectivity index (χ0) is 21.6. The van der Waals surface area contributed by atoms with Crippen LogP contribution in [0.2, 0.25) is 0 Å². The van der Waals surface area contributed by atoms with Crippen LogP contribution in [0, 0.1) is 13.8 Å². The number of aryl methyl sites for hydroxylation is 1. The van der Waals surface area contributed by atoms with Gasteiger partial charge in [-0.25, -0.2) is 4.98 Å². The number of carbonyl (C=O) groups is 1. The molecule has 0 aliphatic heterocycles. The maximum Gasteiger partial charge on any atom is 0.273 e. The van der Waals surface area contributed by atoms with Crippen molar-refractivity contribution in [3.8, 4) is 11.3 Å². The third-order valence-electron chi connectivity index (χ3n) is 5.20. The maximum absolute atomic E-state index is 12.8. The number of H-pyrrole nitrogens is 2. The van der Waals surface area contributed by atoms with E-state index in [9.17, 15) is 4.79 Å². The number of rotatable bonds is 5. The average Bonchev–Trinajstić information content (AvgIpc) is 3.38. The molecule has 4 aromatic rings. The smallest absolute Gasteiger partial charge is 0.273 e. The Labute approximate surface area is 175 Å². The molecule has 0 fully saturated rings. The summed E-state index contributed by atoms with van der Waals surface area (Å²) in [7, 11) is 0. The highest BCUT2D eigenvalue weighted by molar-refractivity contribution is 6.04. The van der Waals surface area contributed by atoms with Crippen LogP contribution in [-0.4, -0.2) is 35.9 Å². The van der Waals surface area contributed by atoms with E-state index in [2.05, 4.69) is 58.3 Å². The van der Waals surface area contributed by atoms with Crippen molar-refractivity contribution in [2.75, 3.05) is 5.32 Å². The zero-order valence-corrected chi connectivity index (χ0v) is 18.2. The van der Waals surface area contributed by atoms with Crippen LogP contribution in [-0.2, 0) is 0 Å². The number of imidazole rings is 1. The van der Waals surface area contributed by atoms with Gasteiger partial charge in [0.15, 0.2) is 0 Å². The summed E-state index contributed by atoms with van der Waals surface area (Å²) < 4.78 is 1.98. The minimum atomic E-state index is -0.247. The molecule has 0 radical (unpaired) electrons. The first kappa shape index (κ1) is 19.9. The lowest BCUT2D eigenvalue weighted by molar-refractivity contribution is 0.102. The quantitative estimate of drug-likeness (QED) is 0.447. The van der Waals surface area contributed by atoms with Gasteiger partial charge in [0.05, 0.1) is 22.4 Å². The van der Waals surface area contributed by atoms with Crippen LogP contribution in [0.3, 0.4) is 0 Å². The number of aromatic amines is 2. The molecule has 30 heavy (non-hydrogen) atoms. The molecule has 0 atom stereocenters. The fourth-order valence-corrected chi connectivity index (χ4v) is 3.68. The standard InChI is InChI=1S/C22H27N7O/c1-11(2)21-24-16-8-7-15(9-17(16)25-21)23-22(30)19-10-18(26-27-19)20-13(5)28-29(12(3)4)14(20)6/h7-12H,1-6H3,(H,23,30)(H,24,25)(H,26,27). The van der Waals surface area contributed by atoms with Crippen LogP contribution in [0.15, 0.2) is 24.3 Å². The predicted octanol–water partition coefficient (Wildman–Crippen LogP) is 4.72. The second-order valence-corrected chi connectivity index (χ2v) is 8.21. The number of aromatic nitrogens is 6. The van der Waals surface area contributed by atoms with Gasteiger partial charge in [-0.1, -0.05) is 13.8 Å². The van der Waals surface area contributed by atoms with E-state index in [1.807, 2.05) is 36.7 Å². The highest BCUT2D eigenvalue weighted by Crippen LogP contribution is 2.28. The summed E-state index contributed by atoms with van der Waals surface area (Å²) >= 11 is 0. The Bertz CT molecular complexity index is 1230. The molecule has 0 aliphatic rings. The number of benzene rings is 1. The summed E-state index contributed by atoms with van der Waals surface area (Å²) in [4.78, 5) is 20.6. The lowest BCUT2D eigenvalue weighted by atomic mass is 10.1. The molecule has 8 nitrogen and oxygen atoms in total. The summed E-state index contributed by atoms with van der Waals surface area (Å²) in [5, 5.41) is 14.7. The van der Waals surface area contributed by atoms with E-state index in [0.717, 1.165) is 33.8 Å². The molecule has 0 spiro atoms. The Morgan fingerprint density at radius 3 is 2.57 bits per heavy atom. The average molecular weight is 406 g/mol. The molecule has 156 valence electrons. The Balaban J connectivity index is 1.57. The second-order valence-electron chi connectivity index (χ2n) is 8.21. The molecule has 0 bridgehead atoms. The number of hydrogen-bond donors (Lipinski definition) is 3. The van der Waals surface area contributed by atoms with Gasteiger partial charge in [0.25, 0.3) is 5.91 Å². The normalized spacial score (nSPS) is 11.7. The summed E-state index contributed by atoms with van der Waals surface area (Å²) in [5.74, 6) is 0.994. The Morgan fingerprint density at radius 2 is 1.90 bits per heavy atom. The number of fused-ring (bicyclic) bond motifs is 1. The van der Waals surface area contributed by atoms with E-state index in [1.165, 1.54) is 0 Å². The summed E-state index contributed by atoms with van der Waals surface area (Å²) in [6.45, 7) is 12.3. The van der Waals surface area contributed by atoms with Gasteiger partial charge >= 0.3 is 0 Å². The van der Waals surface area contributed by atoms with Crippen molar-refractivity contribution in [3.63, 3.8) is 0 Å². The highest BCUT2D eigenvalue weighted by atomic mass is 16.1. The van der Waals surface area contributed by atoms with E-state index in [4.69, 9.17) is 0 Å². The molecule has 0 unspecified atom stereocenters. The first-order valence-electron chi connectivity index (χ1n) is 10.2. The molecule has 0 saturated carbocycles. The van der Waals surface area contributed by atoms with Crippen molar-refractivity contribution in [2.24, 2.45) is 0 Å². The number of carbonyl (C=O) groups excluding carboxylic acids is 1. The van der Waals surface area contributed by atoms with Gasteiger partial charge in [0, 0.05) is 28.9 Å². The van der Waals surface area contributed by atoms with Crippen molar-refractivity contribution in [1.82, 2.24) is 29.9 Å². The van der Waals surface area contributed by atoms with Crippen molar-refractivity contribution in [1.29, 1.82) is 0 Å². The maximum atomic E-state index is 12.8. The van der Waals surface area contributed by atoms with Crippen LogP contribution in [0.4, 0.5) is 5.69 Å². The SMILES string of the molecule is Cc1nn(C(C)C)c(C)c1-c1cc(C(=O)Nc2ccc3nc(C(C)C)[nH]c3c2)[nH]n1. The minimum Gasteiger partial charge on any atom is -0.342 e. The molecular weight excluding hydrogens is 378 g/mol. The summed E-state index contributed by atoms with van der Waals surface area (Å²) in [5.41, 5.74) is 6.47. The summed E-state index contributed by atoms with van der Waals surface area (Å²) in [6.07, 6.45) is 0. The van der Waals surface area contributed by atoms with Gasteiger partial charge in [-0.3, -0.25) is 14.6 Å². The molecule has 4 rings (SSSR count). The van der Waals surface area contributed by atoms with Crippen LogP contribution in [0.1, 0.15) is 67.4 Å². The molecule has 3 heterocycles. The molecule has 8 heteroatoms. The molecule has 3 aromatic heterocycles. The number of nitrogens with zero attached hydrogens (tertiary/aromatic N) is 4. The fourth-order valence-electron chi connectivity index (χ4n) is 3.68. The van der Waals surface area contributed by atoms with Crippen LogP contribution in [0.25, 0.3) is 22.3 Å². The number of anilines is 1. The lowest BCUT2D eigenvalue weighted by Gasteiger charge is -2.07. The molecule has 0 aliphatic carbocycles. The number of nitrogens with one attached hydrogen (secondary N) is 3. The van der Waals surface area contributed by atoms with Gasteiger partial charge in [-0.15, -0.1) is 0 Å². The van der Waals surface area contributed by atoms with Crippen molar-refractivity contribution in [2.45, 2.75) is 53.5 Å². The lowest BCUT2D eigenvalue weighted by Crippen LogP contribution is -2.12. The minimum absolute atomic E-state index is 0.247. The van der Waals surface area contributed by atoms with Crippen LogP contribution < -0.4 is 5.32 Å². The van der Waals surface area contributed by atoms with E-state index in [0.29, 0.717) is 23.0 Å². The fraction of sp³-hybridized carbons (Fsp3) is 0.364. The number of hydrogen-bond acceptors (Lipinski definition) is 4. The monoisotopic (exact) mass is 405 g/mol. The predicted molar refractivity (Wildman–Crippen MR) is 118 cm³/mol. The largest absolute Gasteiger partial charge is 0.342 e. The van der Waals surface area contributed by atoms with E-state index in [1.54, 1.807) is 6.07 Å². The van der Waals surface area contributed by atoms with Crippen LogP contribution in [0.5, 0.6) is 0 Å². The third-order valence-corrected chi connectivity index (χ3v) is 5.20. The second kappa shape index (κ2) is 7.44. The van der Waals surface area contributed by atoms with Crippen LogP contribution >= 0.6 is 0 Å². The molecule has 1 amide bonds. The third kappa shape index (κ3) is 3.49. The Hall–Kier alpha value is -3.42. The molecular formula is C22H27N7O. The zero-order valence-electron chi connectivity index (χ0n) is 18.2. The van der Waals surface area contributed by atoms with Gasteiger partial charge < -0.3 is 10.3 Å².